The summed E-state index contributed by atoms with van der Waals surface area (Å²) in [7, 11) is 0. The minimum Gasteiger partial charge on any atom is -0.481 e. The summed E-state index contributed by atoms with van der Waals surface area (Å²) < 4.78 is 45.0. The maximum absolute atomic E-state index is 13.2. The van der Waals surface area contributed by atoms with Crippen molar-refractivity contribution in [1.29, 1.82) is 0 Å². The predicted octanol–water partition coefficient (Wildman–Crippen LogP) is 2.76. The van der Waals surface area contributed by atoms with Crippen LogP contribution in [0.3, 0.4) is 0 Å². The molecule has 2 unspecified atom stereocenters. The topological polar surface area (TPSA) is 159 Å². The van der Waals surface area contributed by atoms with Crippen molar-refractivity contribution < 1.29 is 47.0 Å². The van der Waals surface area contributed by atoms with Crippen molar-refractivity contribution >= 4 is 34.5 Å². The molecule has 0 bridgehead atoms. The number of nitrogens with one attached hydrogen (secondary N) is 2. The van der Waals surface area contributed by atoms with Gasteiger partial charge in [0.25, 0.3) is 0 Å². The lowest BCUT2D eigenvalue weighted by atomic mass is 10.0. The first-order chi connectivity index (χ1) is 18.3. The number of alkyl halides is 3. The molecular weight excluding hydrogens is 526 g/mol. The van der Waals surface area contributed by atoms with Crippen molar-refractivity contribution in [2.75, 3.05) is 0 Å². The quantitative estimate of drug-likeness (QED) is 0.256. The molecule has 3 rings (SSSR count). The molecule has 0 aliphatic rings. The lowest BCUT2D eigenvalue weighted by molar-refractivity contribution is -0.192. The number of carbonyl (C=O) groups excluding carboxylic acids is 2. The van der Waals surface area contributed by atoms with E-state index in [4.69, 9.17) is 20.7 Å². The lowest BCUT2D eigenvalue weighted by Crippen LogP contribution is -2.52. The maximum Gasteiger partial charge on any atom is 0.490 e. The number of hydrogen-bond donors (Lipinski definition) is 5. The van der Waals surface area contributed by atoms with Gasteiger partial charge in [0.15, 0.2) is 0 Å². The highest BCUT2D eigenvalue weighted by molar-refractivity contribution is 5.92. The van der Waals surface area contributed by atoms with E-state index in [0.717, 1.165) is 16.3 Å². The Bertz CT molecular complexity index is 1310. The summed E-state index contributed by atoms with van der Waals surface area (Å²) in [5.41, 5.74) is 7.17. The van der Waals surface area contributed by atoms with Gasteiger partial charge in [0.2, 0.25) is 11.8 Å². The van der Waals surface area contributed by atoms with Crippen LogP contribution in [-0.2, 0) is 32.1 Å². The molecular formula is C26H25F4N3O6. The molecule has 2 atom stereocenters. The molecule has 0 radical (unpaired) electrons. The average Bonchev–Trinajstić information content (AvgIpc) is 2.87. The summed E-state index contributed by atoms with van der Waals surface area (Å²) >= 11 is 0. The molecule has 3 aromatic rings. The van der Waals surface area contributed by atoms with Crippen LogP contribution in [0, 0.1) is 5.82 Å². The summed E-state index contributed by atoms with van der Waals surface area (Å²) in [6, 6.07) is 16.8. The van der Waals surface area contributed by atoms with Crippen LogP contribution >= 0.6 is 0 Å². The Morgan fingerprint density at radius 1 is 0.872 bits per heavy atom. The van der Waals surface area contributed by atoms with E-state index >= 15 is 0 Å². The number of halogens is 4. The van der Waals surface area contributed by atoms with E-state index in [1.54, 1.807) is 0 Å². The monoisotopic (exact) mass is 551 g/mol. The summed E-state index contributed by atoms with van der Waals surface area (Å²) in [6.07, 6.45) is -5.56. The van der Waals surface area contributed by atoms with Crippen molar-refractivity contribution in [1.82, 2.24) is 10.6 Å². The molecule has 208 valence electrons. The van der Waals surface area contributed by atoms with Gasteiger partial charge in [0.1, 0.15) is 11.9 Å². The molecule has 0 aliphatic carbocycles. The van der Waals surface area contributed by atoms with Crippen LogP contribution in [0.25, 0.3) is 10.8 Å². The van der Waals surface area contributed by atoms with Gasteiger partial charge in [-0.2, -0.15) is 13.2 Å². The maximum atomic E-state index is 13.2. The average molecular weight is 551 g/mol. The molecule has 0 saturated carbocycles. The number of carbonyl (C=O) groups is 4. The number of benzene rings is 3. The van der Waals surface area contributed by atoms with E-state index in [0.29, 0.717) is 5.56 Å². The highest BCUT2D eigenvalue weighted by Gasteiger charge is 2.38. The van der Waals surface area contributed by atoms with E-state index in [1.165, 1.54) is 24.3 Å². The SMILES string of the molecule is NC(CC(=O)O)C(=O)NC(Cc1ccc(F)cc1)C(=O)NCc1cccc2ccccc12.O=C(O)C(F)(F)F. The summed E-state index contributed by atoms with van der Waals surface area (Å²) in [5, 5.41) is 23.4. The van der Waals surface area contributed by atoms with Gasteiger partial charge in [-0.1, -0.05) is 54.6 Å². The van der Waals surface area contributed by atoms with Gasteiger partial charge in [-0.3, -0.25) is 14.4 Å². The highest BCUT2D eigenvalue weighted by Crippen LogP contribution is 2.18. The Labute approximate surface area is 219 Å². The Kier molecular flexibility index (Phi) is 10.9. The van der Waals surface area contributed by atoms with Crippen molar-refractivity contribution in [3.05, 3.63) is 83.7 Å². The number of carboxylic acids is 2. The second-order valence-corrected chi connectivity index (χ2v) is 8.26. The zero-order valence-electron chi connectivity index (χ0n) is 20.2. The standard InChI is InChI=1S/C24H24FN3O4.C2HF3O2/c25-18-10-8-15(9-11-18)12-21(28-23(31)20(26)13-22(29)30)24(32)27-14-17-6-3-5-16-4-1-2-7-19(16)17;3-2(4,5)1(6)7/h1-11,20-21H,12-14,26H2,(H,27,32)(H,28,31)(H,29,30);(H,6,7). The number of fused-ring (bicyclic) bond motifs is 1. The van der Waals surface area contributed by atoms with Crippen molar-refractivity contribution in [2.24, 2.45) is 5.73 Å². The van der Waals surface area contributed by atoms with Gasteiger partial charge in [0.05, 0.1) is 12.5 Å². The van der Waals surface area contributed by atoms with Gasteiger partial charge in [-0.15, -0.1) is 0 Å². The van der Waals surface area contributed by atoms with Crippen LogP contribution < -0.4 is 16.4 Å². The number of amides is 2. The fraction of sp³-hybridized carbons (Fsp3) is 0.231. The van der Waals surface area contributed by atoms with E-state index in [2.05, 4.69) is 10.6 Å². The normalized spacial score (nSPS) is 12.4. The fourth-order valence-electron chi connectivity index (χ4n) is 3.38. The number of carboxylic acid groups (broad SMARTS) is 2. The van der Waals surface area contributed by atoms with Crippen molar-refractivity contribution in [2.45, 2.75) is 37.6 Å². The van der Waals surface area contributed by atoms with Gasteiger partial charge >= 0.3 is 18.1 Å². The van der Waals surface area contributed by atoms with E-state index < -0.39 is 54.3 Å². The highest BCUT2D eigenvalue weighted by atomic mass is 19.4. The molecule has 0 saturated heterocycles. The third-order valence-corrected chi connectivity index (χ3v) is 5.29. The molecule has 0 heterocycles. The summed E-state index contributed by atoms with van der Waals surface area (Å²) in [5.74, 6) is -5.60. The predicted molar refractivity (Wildman–Crippen MR) is 132 cm³/mol. The first-order valence-electron chi connectivity index (χ1n) is 11.3. The smallest absolute Gasteiger partial charge is 0.481 e. The van der Waals surface area contributed by atoms with Crippen LogP contribution in [0.2, 0.25) is 0 Å². The van der Waals surface area contributed by atoms with Gasteiger partial charge in [0, 0.05) is 13.0 Å². The molecule has 0 aromatic heterocycles. The van der Waals surface area contributed by atoms with Gasteiger partial charge in [-0.25, -0.2) is 9.18 Å². The molecule has 0 aliphatic heterocycles. The first kappa shape index (κ1) is 30.7. The van der Waals surface area contributed by atoms with E-state index in [-0.39, 0.29) is 13.0 Å². The summed E-state index contributed by atoms with van der Waals surface area (Å²) in [4.78, 5) is 45.0. The number of aliphatic carboxylic acids is 2. The second-order valence-electron chi connectivity index (χ2n) is 8.26. The minimum atomic E-state index is -5.08. The van der Waals surface area contributed by atoms with Crippen LogP contribution in [0.1, 0.15) is 17.5 Å². The molecule has 3 aromatic carbocycles. The Morgan fingerprint density at radius 3 is 2.05 bits per heavy atom. The van der Waals surface area contributed by atoms with Crippen molar-refractivity contribution in [3.8, 4) is 0 Å². The molecule has 0 spiro atoms. The molecule has 39 heavy (non-hydrogen) atoms. The van der Waals surface area contributed by atoms with E-state index in [1.807, 2.05) is 42.5 Å². The first-order valence-corrected chi connectivity index (χ1v) is 11.3. The zero-order valence-corrected chi connectivity index (χ0v) is 20.2. The largest absolute Gasteiger partial charge is 0.490 e. The van der Waals surface area contributed by atoms with Gasteiger partial charge in [-0.05, 0) is 34.0 Å². The third-order valence-electron chi connectivity index (χ3n) is 5.29. The van der Waals surface area contributed by atoms with Crippen LogP contribution in [0.5, 0.6) is 0 Å². The minimum absolute atomic E-state index is 0.0905. The van der Waals surface area contributed by atoms with Gasteiger partial charge < -0.3 is 26.6 Å². The molecule has 0 fully saturated rings. The lowest BCUT2D eigenvalue weighted by Gasteiger charge is -2.21. The summed E-state index contributed by atoms with van der Waals surface area (Å²) in [6.45, 7) is 0.233. The Balaban J connectivity index is 0.000000673. The van der Waals surface area contributed by atoms with Crippen molar-refractivity contribution in [3.63, 3.8) is 0 Å². The number of nitrogens with two attached hydrogens (primary N) is 1. The fourth-order valence-corrected chi connectivity index (χ4v) is 3.38. The van der Waals surface area contributed by atoms with E-state index in [9.17, 15) is 31.9 Å². The Morgan fingerprint density at radius 2 is 1.46 bits per heavy atom. The molecule has 2 amide bonds. The Hall–Kier alpha value is -4.52. The van der Waals surface area contributed by atoms with Crippen LogP contribution in [-0.4, -0.2) is 52.2 Å². The molecule has 6 N–H and O–H groups in total. The number of rotatable bonds is 9. The molecule has 9 nitrogen and oxygen atoms in total. The van der Waals surface area contributed by atoms with Crippen LogP contribution in [0.15, 0.2) is 66.7 Å². The second kappa shape index (κ2) is 13.9. The van der Waals surface area contributed by atoms with Crippen LogP contribution in [0.4, 0.5) is 17.6 Å². The zero-order chi connectivity index (χ0) is 29.2. The molecule has 13 heteroatoms. The third kappa shape index (κ3) is 10.0. The number of hydrogen-bond acceptors (Lipinski definition) is 5.